The largest absolute Gasteiger partial charge is 0.390 e. The Morgan fingerprint density at radius 3 is 2.62 bits per heavy atom. The first-order chi connectivity index (χ1) is 7.58. The zero-order chi connectivity index (χ0) is 11.6. The standard InChI is InChI=1S/C13H24O3/c1-3-12(2,14)11-4-7-16-13(10-11)5-8-15-9-6-13/h11,14H,3-10H2,1-2H3. The Bertz CT molecular complexity index is 226. The van der Waals surface area contributed by atoms with Gasteiger partial charge in [0.05, 0.1) is 11.2 Å². The summed E-state index contributed by atoms with van der Waals surface area (Å²) in [5.41, 5.74) is -0.532. The number of aliphatic hydroxyl groups is 1. The Kier molecular flexibility index (Phi) is 3.57. The summed E-state index contributed by atoms with van der Waals surface area (Å²) in [5, 5.41) is 10.4. The Labute approximate surface area is 98.1 Å². The van der Waals surface area contributed by atoms with Crippen molar-refractivity contribution < 1.29 is 14.6 Å². The van der Waals surface area contributed by atoms with E-state index in [-0.39, 0.29) is 5.60 Å². The fraction of sp³-hybridized carbons (Fsp3) is 1.00. The van der Waals surface area contributed by atoms with Crippen molar-refractivity contribution in [1.82, 2.24) is 0 Å². The molecule has 16 heavy (non-hydrogen) atoms. The van der Waals surface area contributed by atoms with E-state index in [0.717, 1.165) is 51.9 Å². The minimum Gasteiger partial charge on any atom is -0.390 e. The summed E-state index contributed by atoms with van der Waals surface area (Å²) in [6.45, 7) is 6.44. The zero-order valence-corrected chi connectivity index (χ0v) is 10.5. The Balaban J connectivity index is 2.03. The highest BCUT2D eigenvalue weighted by molar-refractivity contribution is 4.94. The maximum atomic E-state index is 10.4. The van der Waals surface area contributed by atoms with Gasteiger partial charge in [0.25, 0.3) is 0 Å². The fourth-order valence-electron chi connectivity index (χ4n) is 2.94. The number of hydrogen-bond donors (Lipinski definition) is 1. The minimum atomic E-state index is -0.533. The molecule has 2 aliphatic rings. The van der Waals surface area contributed by atoms with Crippen LogP contribution in [0.2, 0.25) is 0 Å². The molecule has 2 aliphatic heterocycles. The first kappa shape index (κ1) is 12.3. The van der Waals surface area contributed by atoms with Crippen LogP contribution in [0.15, 0.2) is 0 Å². The SMILES string of the molecule is CCC(C)(O)C1CCOC2(CCOCC2)C1. The normalized spacial score (nSPS) is 33.6. The van der Waals surface area contributed by atoms with Crippen LogP contribution in [0.5, 0.6) is 0 Å². The molecule has 0 radical (unpaired) electrons. The molecule has 0 aromatic carbocycles. The van der Waals surface area contributed by atoms with Crippen molar-refractivity contribution in [2.75, 3.05) is 19.8 Å². The molecule has 2 unspecified atom stereocenters. The summed E-state index contributed by atoms with van der Waals surface area (Å²) < 4.78 is 11.4. The molecule has 3 heteroatoms. The Morgan fingerprint density at radius 2 is 2.00 bits per heavy atom. The van der Waals surface area contributed by atoms with Crippen LogP contribution in [0.25, 0.3) is 0 Å². The highest BCUT2D eigenvalue weighted by Gasteiger charge is 2.43. The van der Waals surface area contributed by atoms with Gasteiger partial charge in [0.2, 0.25) is 0 Å². The summed E-state index contributed by atoms with van der Waals surface area (Å²) in [4.78, 5) is 0. The molecule has 94 valence electrons. The molecular weight excluding hydrogens is 204 g/mol. The number of hydrogen-bond acceptors (Lipinski definition) is 3. The Hall–Kier alpha value is -0.120. The average Bonchev–Trinajstić information content (AvgIpc) is 2.30. The maximum absolute atomic E-state index is 10.4. The number of ether oxygens (including phenoxy) is 2. The van der Waals surface area contributed by atoms with E-state index in [0.29, 0.717) is 5.92 Å². The molecule has 2 rings (SSSR count). The second kappa shape index (κ2) is 4.63. The molecule has 0 aliphatic carbocycles. The molecule has 2 heterocycles. The van der Waals surface area contributed by atoms with E-state index in [1.807, 2.05) is 6.92 Å². The molecule has 0 aromatic rings. The topological polar surface area (TPSA) is 38.7 Å². The van der Waals surface area contributed by atoms with Gasteiger partial charge in [0.1, 0.15) is 0 Å². The summed E-state index contributed by atoms with van der Waals surface area (Å²) in [6.07, 6.45) is 4.79. The van der Waals surface area contributed by atoms with Gasteiger partial charge in [0, 0.05) is 19.8 Å². The van der Waals surface area contributed by atoms with E-state index in [9.17, 15) is 5.11 Å². The summed E-state index contributed by atoms with van der Waals surface area (Å²) in [7, 11) is 0. The van der Waals surface area contributed by atoms with Crippen LogP contribution < -0.4 is 0 Å². The number of rotatable bonds is 2. The van der Waals surface area contributed by atoms with Crippen molar-refractivity contribution in [3.63, 3.8) is 0 Å². The lowest BCUT2D eigenvalue weighted by Gasteiger charge is -2.47. The smallest absolute Gasteiger partial charge is 0.0730 e. The minimum absolute atomic E-state index is 0.000324. The van der Waals surface area contributed by atoms with Gasteiger partial charge in [-0.25, -0.2) is 0 Å². The van der Waals surface area contributed by atoms with Gasteiger partial charge in [-0.2, -0.15) is 0 Å². The molecule has 0 bridgehead atoms. The van der Waals surface area contributed by atoms with Crippen molar-refractivity contribution in [3.05, 3.63) is 0 Å². The molecule has 0 saturated carbocycles. The van der Waals surface area contributed by atoms with Gasteiger partial charge < -0.3 is 14.6 Å². The zero-order valence-electron chi connectivity index (χ0n) is 10.5. The lowest BCUT2D eigenvalue weighted by atomic mass is 9.73. The van der Waals surface area contributed by atoms with Crippen LogP contribution >= 0.6 is 0 Å². The van der Waals surface area contributed by atoms with Crippen molar-refractivity contribution in [2.45, 2.75) is 57.2 Å². The van der Waals surface area contributed by atoms with Gasteiger partial charge in [-0.3, -0.25) is 0 Å². The van der Waals surface area contributed by atoms with E-state index in [4.69, 9.17) is 9.47 Å². The molecule has 3 nitrogen and oxygen atoms in total. The predicted molar refractivity (Wildman–Crippen MR) is 62.4 cm³/mol. The molecule has 2 atom stereocenters. The molecule has 1 spiro atoms. The van der Waals surface area contributed by atoms with Crippen molar-refractivity contribution in [2.24, 2.45) is 5.92 Å². The molecular formula is C13H24O3. The van der Waals surface area contributed by atoms with Crippen LogP contribution in [0.3, 0.4) is 0 Å². The monoisotopic (exact) mass is 228 g/mol. The fourth-order valence-corrected chi connectivity index (χ4v) is 2.94. The molecule has 2 fully saturated rings. The van der Waals surface area contributed by atoms with Crippen LogP contribution in [0.4, 0.5) is 0 Å². The quantitative estimate of drug-likeness (QED) is 0.787. The lowest BCUT2D eigenvalue weighted by Crippen LogP contribution is -2.49. The van der Waals surface area contributed by atoms with Gasteiger partial charge in [-0.05, 0) is 44.9 Å². The van der Waals surface area contributed by atoms with Crippen molar-refractivity contribution in [1.29, 1.82) is 0 Å². The van der Waals surface area contributed by atoms with Crippen molar-refractivity contribution >= 4 is 0 Å². The maximum Gasteiger partial charge on any atom is 0.0730 e. The second-order valence-electron chi connectivity index (χ2n) is 5.54. The van der Waals surface area contributed by atoms with Crippen LogP contribution in [0, 0.1) is 5.92 Å². The van der Waals surface area contributed by atoms with Crippen LogP contribution in [0.1, 0.15) is 46.0 Å². The van der Waals surface area contributed by atoms with Crippen LogP contribution in [-0.4, -0.2) is 36.1 Å². The highest BCUT2D eigenvalue weighted by Crippen LogP contribution is 2.41. The molecule has 1 N–H and O–H groups in total. The predicted octanol–water partition coefficient (Wildman–Crippen LogP) is 2.12. The summed E-state index contributed by atoms with van der Waals surface area (Å²) in [6, 6.07) is 0. The van der Waals surface area contributed by atoms with E-state index < -0.39 is 5.60 Å². The molecule has 0 aromatic heterocycles. The average molecular weight is 228 g/mol. The molecule has 2 saturated heterocycles. The highest BCUT2D eigenvalue weighted by atomic mass is 16.5. The summed E-state index contributed by atoms with van der Waals surface area (Å²) in [5.74, 6) is 0.379. The third-order valence-electron chi connectivity index (χ3n) is 4.49. The van der Waals surface area contributed by atoms with Gasteiger partial charge in [-0.15, -0.1) is 0 Å². The van der Waals surface area contributed by atoms with E-state index in [1.165, 1.54) is 0 Å². The summed E-state index contributed by atoms with van der Waals surface area (Å²) >= 11 is 0. The van der Waals surface area contributed by atoms with Crippen molar-refractivity contribution in [3.8, 4) is 0 Å². The van der Waals surface area contributed by atoms with Gasteiger partial charge in [-0.1, -0.05) is 6.92 Å². The van der Waals surface area contributed by atoms with Gasteiger partial charge in [0.15, 0.2) is 0 Å². The van der Waals surface area contributed by atoms with E-state index in [1.54, 1.807) is 0 Å². The third kappa shape index (κ3) is 2.41. The Morgan fingerprint density at radius 1 is 1.31 bits per heavy atom. The first-order valence-corrected chi connectivity index (χ1v) is 6.52. The first-order valence-electron chi connectivity index (χ1n) is 6.52. The second-order valence-corrected chi connectivity index (χ2v) is 5.54. The van der Waals surface area contributed by atoms with Gasteiger partial charge >= 0.3 is 0 Å². The van der Waals surface area contributed by atoms with Crippen LogP contribution in [-0.2, 0) is 9.47 Å². The molecule has 0 amide bonds. The lowest BCUT2D eigenvalue weighted by molar-refractivity contribution is -0.172. The van der Waals surface area contributed by atoms with E-state index >= 15 is 0 Å². The third-order valence-corrected chi connectivity index (χ3v) is 4.49. The van der Waals surface area contributed by atoms with E-state index in [2.05, 4.69) is 6.92 Å².